The third-order valence-electron chi connectivity index (χ3n) is 5.51. The largest absolute Gasteiger partial charge is 0.548 e. The van der Waals surface area contributed by atoms with E-state index in [2.05, 4.69) is 0 Å². The number of carboxylic acids is 1. The number of ether oxygens (including phenoxy) is 1. The Bertz CT molecular complexity index is 731. The Morgan fingerprint density at radius 3 is 2.39 bits per heavy atom. The average Bonchev–Trinajstić information content (AvgIpc) is 3.12. The Kier molecular flexibility index (Phi) is 6.28. The molecule has 2 amide bonds. The standard InChI is InChI=1S/C20H25FN2O5/c1-13(24)22-8-6-15(7-9-22)19(25)23-11-17(10-18(23)20(26)27)28-12-14-2-4-16(21)5-3-14/h2-5,15,17-18H,6-12H2,1H3,(H,26,27)/p-1/t17-,18+/m1/s1. The Balaban J connectivity index is 1.58. The first-order chi connectivity index (χ1) is 13.3. The highest BCUT2D eigenvalue weighted by Crippen LogP contribution is 2.27. The first kappa shape index (κ1) is 20.3. The van der Waals surface area contributed by atoms with Crippen molar-refractivity contribution in [3.05, 3.63) is 35.6 Å². The normalized spacial score (nSPS) is 23.1. The van der Waals surface area contributed by atoms with Crippen LogP contribution in [0, 0.1) is 11.7 Å². The number of piperidine rings is 1. The number of likely N-dealkylation sites (tertiary alicyclic amines) is 2. The van der Waals surface area contributed by atoms with Gasteiger partial charge in [-0.15, -0.1) is 0 Å². The number of hydrogen-bond donors (Lipinski definition) is 0. The van der Waals surface area contributed by atoms with E-state index in [1.54, 1.807) is 17.0 Å². The molecule has 0 aliphatic carbocycles. The van der Waals surface area contributed by atoms with Gasteiger partial charge >= 0.3 is 0 Å². The molecule has 0 saturated carbocycles. The zero-order valence-corrected chi connectivity index (χ0v) is 15.8. The zero-order chi connectivity index (χ0) is 20.3. The molecule has 1 aromatic carbocycles. The van der Waals surface area contributed by atoms with E-state index in [1.807, 2.05) is 0 Å². The third-order valence-corrected chi connectivity index (χ3v) is 5.51. The Hall–Kier alpha value is -2.48. The molecule has 152 valence electrons. The van der Waals surface area contributed by atoms with Crippen molar-refractivity contribution in [1.82, 2.24) is 9.80 Å². The highest BCUT2D eigenvalue weighted by atomic mass is 19.1. The van der Waals surface area contributed by atoms with E-state index in [9.17, 15) is 23.9 Å². The van der Waals surface area contributed by atoms with Crippen molar-refractivity contribution in [2.75, 3.05) is 19.6 Å². The topological polar surface area (TPSA) is 90.0 Å². The predicted octanol–water partition coefficient (Wildman–Crippen LogP) is 0.320. The first-order valence-corrected chi connectivity index (χ1v) is 9.48. The van der Waals surface area contributed by atoms with Crippen LogP contribution >= 0.6 is 0 Å². The number of nitrogens with zero attached hydrogens (tertiary/aromatic N) is 2. The van der Waals surface area contributed by atoms with Crippen LogP contribution in [0.2, 0.25) is 0 Å². The van der Waals surface area contributed by atoms with Gasteiger partial charge in [0, 0.05) is 38.9 Å². The van der Waals surface area contributed by atoms with Crippen molar-refractivity contribution < 1.29 is 28.6 Å². The van der Waals surface area contributed by atoms with Gasteiger partial charge in [-0.05, 0) is 30.5 Å². The summed E-state index contributed by atoms with van der Waals surface area (Å²) in [5.74, 6) is -2.16. The van der Waals surface area contributed by atoms with Crippen LogP contribution in [0.5, 0.6) is 0 Å². The molecule has 0 radical (unpaired) electrons. The van der Waals surface area contributed by atoms with E-state index >= 15 is 0 Å². The van der Waals surface area contributed by atoms with E-state index in [0.29, 0.717) is 25.9 Å². The molecule has 2 aliphatic heterocycles. The molecule has 2 fully saturated rings. The molecule has 2 aliphatic rings. The van der Waals surface area contributed by atoms with Crippen LogP contribution in [-0.4, -0.2) is 59.4 Å². The van der Waals surface area contributed by atoms with Crippen molar-refractivity contribution in [2.24, 2.45) is 5.92 Å². The number of rotatable bonds is 5. The number of halogens is 1. The molecule has 2 heterocycles. The monoisotopic (exact) mass is 391 g/mol. The summed E-state index contributed by atoms with van der Waals surface area (Å²) >= 11 is 0. The summed E-state index contributed by atoms with van der Waals surface area (Å²) < 4.78 is 18.7. The second-order valence-corrected chi connectivity index (χ2v) is 7.40. The van der Waals surface area contributed by atoms with Gasteiger partial charge in [-0.3, -0.25) is 9.59 Å². The molecule has 2 saturated heterocycles. The van der Waals surface area contributed by atoms with Crippen molar-refractivity contribution in [3.63, 3.8) is 0 Å². The molecule has 3 rings (SSSR count). The maximum atomic E-state index is 13.0. The van der Waals surface area contributed by atoms with Crippen molar-refractivity contribution in [1.29, 1.82) is 0 Å². The molecular formula is C20H24FN2O5-. The third kappa shape index (κ3) is 4.67. The van der Waals surface area contributed by atoms with E-state index in [4.69, 9.17) is 4.74 Å². The summed E-state index contributed by atoms with van der Waals surface area (Å²) in [6.45, 7) is 2.90. The van der Waals surface area contributed by atoms with Crippen molar-refractivity contribution >= 4 is 17.8 Å². The van der Waals surface area contributed by atoms with E-state index in [1.165, 1.54) is 24.0 Å². The summed E-state index contributed by atoms with van der Waals surface area (Å²) in [5, 5.41) is 11.5. The lowest BCUT2D eigenvalue weighted by atomic mass is 9.95. The molecule has 8 heteroatoms. The summed E-state index contributed by atoms with van der Waals surface area (Å²) in [6, 6.07) is 4.86. The molecule has 1 aromatic rings. The maximum Gasteiger partial charge on any atom is 0.226 e. The van der Waals surface area contributed by atoms with E-state index < -0.39 is 18.1 Å². The fourth-order valence-corrected chi connectivity index (χ4v) is 3.86. The van der Waals surface area contributed by atoms with Gasteiger partial charge in [-0.2, -0.15) is 0 Å². The van der Waals surface area contributed by atoms with Gasteiger partial charge in [0.25, 0.3) is 0 Å². The predicted molar refractivity (Wildman–Crippen MR) is 95.1 cm³/mol. The van der Waals surface area contributed by atoms with Gasteiger partial charge in [0.2, 0.25) is 11.8 Å². The van der Waals surface area contributed by atoms with E-state index in [-0.39, 0.29) is 43.1 Å². The van der Waals surface area contributed by atoms with Gasteiger partial charge in [-0.1, -0.05) is 12.1 Å². The molecule has 0 spiro atoms. The van der Waals surface area contributed by atoms with Gasteiger partial charge in [0.05, 0.1) is 24.7 Å². The van der Waals surface area contributed by atoms with Crippen LogP contribution < -0.4 is 5.11 Å². The molecule has 7 nitrogen and oxygen atoms in total. The van der Waals surface area contributed by atoms with Crippen molar-refractivity contribution in [3.8, 4) is 0 Å². The fraction of sp³-hybridized carbons (Fsp3) is 0.550. The minimum Gasteiger partial charge on any atom is -0.548 e. The van der Waals surface area contributed by atoms with Crippen LogP contribution in [0.3, 0.4) is 0 Å². The van der Waals surface area contributed by atoms with Crippen LogP contribution in [0.15, 0.2) is 24.3 Å². The van der Waals surface area contributed by atoms with Gasteiger partial charge in [-0.25, -0.2) is 4.39 Å². The lowest BCUT2D eigenvalue weighted by Gasteiger charge is -2.34. The Morgan fingerprint density at radius 2 is 1.82 bits per heavy atom. The minimum atomic E-state index is -1.29. The van der Waals surface area contributed by atoms with Crippen LogP contribution in [0.4, 0.5) is 4.39 Å². The number of benzene rings is 1. The summed E-state index contributed by atoms with van der Waals surface area (Å²) in [7, 11) is 0. The number of aliphatic carboxylic acids is 1. The number of carbonyl (C=O) groups excluding carboxylic acids is 3. The second-order valence-electron chi connectivity index (χ2n) is 7.40. The summed E-state index contributed by atoms with van der Waals surface area (Å²) in [5.41, 5.74) is 0.771. The van der Waals surface area contributed by atoms with Crippen molar-refractivity contribution in [2.45, 2.75) is 44.9 Å². The number of hydrogen-bond acceptors (Lipinski definition) is 5. The summed E-state index contributed by atoms with van der Waals surface area (Å²) in [6.07, 6.45) is 0.793. The molecule has 28 heavy (non-hydrogen) atoms. The maximum absolute atomic E-state index is 13.0. The SMILES string of the molecule is CC(=O)N1CCC(C(=O)N2C[C@H](OCc3ccc(F)cc3)C[C@H]2C(=O)[O-])CC1. The number of carbonyl (C=O) groups is 3. The van der Waals surface area contributed by atoms with Gasteiger partial charge < -0.3 is 24.4 Å². The first-order valence-electron chi connectivity index (χ1n) is 9.48. The highest BCUT2D eigenvalue weighted by molar-refractivity contribution is 5.85. The zero-order valence-electron chi connectivity index (χ0n) is 15.8. The molecular weight excluding hydrogens is 367 g/mol. The smallest absolute Gasteiger partial charge is 0.226 e. The molecule has 0 aromatic heterocycles. The molecule has 0 unspecified atom stereocenters. The lowest BCUT2D eigenvalue weighted by Crippen LogP contribution is -2.50. The fourth-order valence-electron chi connectivity index (χ4n) is 3.86. The molecule has 0 N–H and O–H groups in total. The van der Waals surface area contributed by atoms with E-state index in [0.717, 1.165) is 5.56 Å². The Morgan fingerprint density at radius 1 is 1.18 bits per heavy atom. The average molecular weight is 391 g/mol. The quantitative estimate of drug-likeness (QED) is 0.721. The summed E-state index contributed by atoms with van der Waals surface area (Å²) in [4.78, 5) is 38.9. The second kappa shape index (κ2) is 8.68. The van der Waals surface area contributed by atoms with Crippen LogP contribution in [0.25, 0.3) is 0 Å². The molecule has 0 bridgehead atoms. The minimum absolute atomic E-state index is 0.0195. The van der Waals surface area contributed by atoms with Crippen LogP contribution in [-0.2, 0) is 25.7 Å². The lowest BCUT2D eigenvalue weighted by molar-refractivity contribution is -0.310. The van der Waals surface area contributed by atoms with Gasteiger partial charge in [0.15, 0.2) is 0 Å². The van der Waals surface area contributed by atoms with Crippen LogP contribution in [0.1, 0.15) is 31.7 Å². The number of amides is 2. The molecule has 2 atom stereocenters. The van der Waals surface area contributed by atoms with Gasteiger partial charge in [0.1, 0.15) is 5.82 Å². The highest BCUT2D eigenvalue weighted by Gasteiger charge is 2.40. The number of carboxylic acid groups (broad SMARTS) is 1. The Labute approximate surface area is 163 Å².